The van der Waals surface area contributed by atoms with Crippen LogP contribution in [-0.2, 0) is 6.54 Å². The molecule has 0 radical (unpaired) electrons. The first-order chi connectivity index (χ1) is 7.18. The number of hydrogen-bond donors (Lipinski definition) is 1. The van der Waals surface area contributed by atoms with Crippen LogP contribution in [0.3, 0.4) is 0 Å². The lowest BCUT2D eigenvalue weighted by atomic mass is 10.2. The van der Waals surface area contributed by atoms with Gasteiger partial charge in [0.1, 0.15) is 0 Å². The number of carbonyl (C=O) groups is 1. The van der Waals surface area contributed by atoms with Gasteiger partial charge in [0.15, 0.2) is 0 Å². The summed E-state index contributed by atoms with van der Waals surface area (Å²) in [5.74, 6) is 0. The van der Waals surface area contributed by atoms with Gasteiger partial charge >= 0.3 is 0 Å². The fraction of sp³-hybridized carbons (Fsp3) is 0.182. The third kappa shape index (κ3) is 2.04. The number of fused-ring (bicyclic) bond motifs is 1. The summed E-state index contributed by atoms with van der Waals surface area (Å²) >= 11 is 2.93. The molecular weight excluding hydrogens is 256 g/mol. The van der Waals surface area contributed by atoms with Gasteiger partial charge in [0.05, 0.1) is 0 Å². The number of H-pyrrole nitrogens is 1. The van der Waals surface area contributed by atoms with E-state index < -0.39 is 0 Å². The van der Waals surface area contributed by atoms with E-state index >= 15 is 0 Å². The lowest BCUT2D eigenvalue weighted by Crippen LogP contribution is -2.19. The Morgan fingerprint density at radius 1 is 1.47 bits per heavy atom. The van der Waals surface area contributed by atoms with E-state index in [4.69, 9.17) is 0 Å². The Labute approximate surface area is 96.2 Å². The van der Waals surface area contributed by atoms with Crippen LogP contribution >= 0.6 is 15.9 Å². The second kappa shape index (κ2) is 4.06. The largest absolute Gasteiger partial charge is 0.361 e. The van der Waals surface area contributed by atoms with Gasteiger partial charge in [-0.05, 0) is 11.6 Å². The topological polar surface area (TPSA) is 36.1 Å². The number of nitrogens with zero attached hydrogens (tertiary/aromatic N) is 1. The Kier molecular flexibility index (Phi) is 2.77. The molecule has 0 aliphatic rings. The molecule has 0 aliphatic heterocycles. The summed E-state index contributed by atoms with van der Waals surface area (Å²) in [6.45, 7) is 0.605. The van der Waals surface area contributed by atoms with E-state index in [0.717, 1.165) is 16.5 Å². The minimum Gasteiger partial charge on any atom is -0.361 e. The normalized spacial score (nSPS) is 10.5. The number of carbonyl (C=O) groups excluding carboxylic acids is 1. The van der Waals surface area contributed by atoms with E-state index in [1.54, 1.807) is 11.9 Å². The van der Waals surface area contributed by atoms with E-state index in [-0.39, 0.29) is 4.82 Å². The molecule has 0 unspecified atom stereocenters. The maximum absolute atomic E-state index is 11.0. The molecule has 0 spiro atoms. The van der Waals surface area contributed by atoms with Crippen molar-refractivity contribution < 1.29 is 4.79 Å². The SMILES string of the molecule is CN(Cc1c[nH]c2ccccc12)C(=O)Br. The summed E-state index contributed by atoms with van der Waals surface area (Å²) in [7, 11) is 1.76. The van der Waals surface area contributed by atoms with Gasteiger partial charge < -0.3 is 9.88 Å². The third-order valence-electron chi connectivity index (χ3n) is 2.38. The molecule has 0 atom stereocenters. The van der Waals surface area contributed by atoms with Gasteiger partial charge in [0, 0.05) is 46.6 Å². The highest BCUT2D eigenvalue weighted by Crippen LogP contribution is 2.19. The third-order valence-corrected chi connectivity index (χ3v) is 2.99. The Bertz CT molecular complexity index is 492. The number of para-hydroxylation sites is 1. The van der Waals surface area contributed by atoms with E-state index in [0.29, 0.717) is 6.54 Å². The number of halogens is 1. The van der Waals surface area contributed by atoms with Crippen molar-refractivity contribution in [1.29, 1.82) is 0 Å². The lowest BCUT2D eigenvalue weighted by molar-refractivity contribution is 0.233. The Hall–Kier alpha value is -1.29. The zero-order chi connectivity index (χ0) is 10.8. The number of benzene rings is 1. The molecule has 0 saturated heterocycles. The molecule has 2 rings (SSSR count). The molecule has 0 fully saturated rings. The maximum Gasteiger partial charge on any atom is 0.289 e. The summed E-state index contributed by atoms with van der Waals surface area (Å²) in [5.41, 5.74) is 2.23. The quantitative estimate of drug-likeness (QED) is 0.658. The second-order valence-electron chi connectivity index (χ2n) is 3.47. The summed E-state index contributed by atoms with van der Waals surface area (Å²) in [6, 6.07) is 8.06. The smallest absolute Gasteiger partial charge is 0.289 e. The van der Waals surface area contributed by atoms with Crippen molar-refractivity contribution in [3.8, 4) is 0 Å². The highest BCUT2D eigenvalue weighted by atomic mass is 79.9. The zero-order valence-electron chi connectivity index (χ0n) is 8.33. The van der Waals surface area contributed by atoms with E-state index in [1.165, 1.54) is 0 Å². The highest BCUT2D eigenvalue weighted by Gasteiger charge is 2.08. The van der Waals surface area contributed by atoms with Crippen LogP contribution in [0.2, 0.25) is 0 Å². The first-order valence-corrected chi connectivity index (χ1v) is 5.43. The monoisotopic (exact) mass is 266 g/mol. The summed E-state index contributed by atoms with van der Waals surface area (Å²) in [5, 5.41) is 1.16. The van der Waals surface area contributed by atoms with Gasteiger partial charge in [0.2, 0.25) is 0 Å². The minimum atomic E-state index is -0.104. The maximum atomic E-state index is 11.0. The Morgan fingerprint density at radius 3 is 2.93 bits per heavy atom. The van der Waals surface area contributed by atoms with Gasteiger partial charge in [-0.25, -0.2) is 0 Å². The standard InChI is InChI=1S/C11H11BrN2O/c1-14(11(12)15)7-8-6-13-10-5-3-2-4-9(8)10/h2-6,13H,7H2,1H3. The molecule has 3 nitrogen and oxygen atoms in total. The number of aromatic nitrogens is 1. The average Bonchev–Trinajstić information content (AvgIpc) is 2.62. The molecule has 1 aromatic carbocycles. The molecular formula is C11H11BrN2O. The van der Waals surface area contributed by atoms with Crippen molar-refractivity contribution in [3.05, 3.63) is 36.0 Å². The van der Waals surface area contributed by atoms with Gasteiger partial charge in [0.25, 0.3) is 4.82 Å². The molecule has 0 aliphatic carbocycles. The van der Waals surface area contributed by atoms with Crippen molar-refractivity contribution in [3.63, 3.8) is 0 Å². The van der Waals surface area contributed by atoms with Crippen LogP contribution in [-0.4, -0.2) is 21.7 Å². The lowest BCUT2D eigenvalue weighted by Gasteiger charge is -2.12. The Morgan fingerprint density at radius 2 is 2.20 bits per heavy atom. The van der Waals surface area contributed by atoms with Crippen molar-refractivity contribution in [2.45, 2.75) is 6.54 Å². The van der Waals surface area contributed by atoms with Gasteiger partial charge in [-0.2, -0.15) is 0 Å². The molecule has 1 heterocycles. The molecule has 0 bridgehead atoms. The fourth-order valence-corrected chi connectivity index (χ4v) is 1.71. The highest BCUT2D eigenvalue weighted by molar-refractivity contribution is 9.18. The van der Waals surface area contributed by atoms with Crippen LogP contribution in [0.4, 0.5) is 4.79 Å². The van der Waals surface area contributed by atoms with E-state index in [1.807, 2.05) is 30.5 Å². The summed E-state index contributed by atoms with van der Waals surface area (Å²) in [6.07, 6.45) is 1.94. The van der Waals surface area contributed by atoms with Crippen molar-refractivity contribution in [1.82, 2.24) is 9.88 Å². The fourth-order valence-electron chi connectivity index (χ4n) is 1.58. The number of nitrogens with one attached hydrogen (secondary N) is 1. The number of hydrogen-bond acceptors (Lipinski definition) is 1. The minimum absolute atomic E-state index is 0.104. The second-order valence-corrected chi connectivity index (χ2v) is 4.15. The summed E-state index contributed by atoms with van der Waals surface area (Å²) in [4.78, 5) is 15.7. The predicted octanol–water partition coefficient (Wildman–Crippen LogP) is 3.11. The van der Waals surface area contributed by atoms with Gasteiger partial charge in [-0.1, -0.05) is 18.2 Å². The molecule has 0 saturated carbocycles. The van der Waals surface area contributed by atoms with Crippen molar-refractivity contribution in [2.24, 2.45) is 0 Å². The number of amides is 1. The van der Waals surface area contributed by atoms with Crippen LogP contribution < -0.4 is 0 Å². The number of rotatable bonds is 2. The van der Waals surface area contributed by atoms with Crippen LogP contribution in [0.15, 0.2) is 30.5 Å². The van der Waals surface area contributed by atoms with Crippen LogP contribution in [0.5, 0.6) is 0 Å². The predicted molar refractivity (Wildman–Crippen MR) is 64.1 cm³/mol. The van der Waals surface area contributed by atoms with Crippen LogP contribution in [0.25, 0.3) is 10.9 Å². The molecule has 1 aromatic heterocycles. The molecule has 2 aromatic rings. The van der Waals surface area contributed by atoms with Gasteiger partial charge in [-0.3, -0.25) is 4.79 Å². The van der Waals surface area contributed by atoms with Crippen molar-refractivity contribution >= 4 is 31.6 Å². The molecule has 1 N–H and O–H groups in total. The van der Waals surface area contributed by atoms with Crippen LogP contribution in [0, 0.1) is 0 Å². The molecule has 78 valence electrons. The first kappa shape index (κ1) is 10.2. The van der Waals surface area contributed by atoms with Crippen LogP contribution in [0.1, 0.15) is 5.56 Å². The van der Waals surface area contributed by atoms with E-state index in [2.05, 4.69) is 20.9 Å². The van der Waals surface area contributed by atoms with Crippen molar-refractivity contribution in [2.75, 3.05) is 7.05 Å². The van der Waals surface area contributed by atoms with E-state index in [9.17, 15) is 4.79 Å². The summed E-state index contributed by atoms with van der Waals surface area (Å²) < 4.78 is 0. The molecule has 15 heavy (non-hydrogen) atoms. The molecule has 4 heteroatoms. The zero-order valence-corrected chi connectivity index (χ0v) is 9.91. The average molecular weight is 267 g/mol. The molecule has 1 amide bonds. The van der Waals surface area contributed by atoms with Gasteiger partial charge in [-0.15, -0.1) is 0 Å². The first-order valence-electron chi connectivity index (χ1n) is 4.64. The number of aromatic amines is 1. The Balaban J connectivity index is 2.32.